The van der Waals surface area contributed by atoms with Crippen molar-refractivity contribution in [2.75, 3.05) is 0 Å². The van der Waals surface area contributed by atoms with E-state index in [-0.39, 0.29) is 6.42 Å². The maximum Gasteiger partial charge on any atom is 0.303 e. The van der Waals surface area contributed by atoms with E-state index in [4.69, 9.17) is 32.0 Å². The highest BCUT2D eigenvalue weighted by Crippen LogP contribution is 2.06. The number of hydrazine groups is 1. The van der Waals surface area contributed by atoms with E-state index in [0.717, 1.165) is 0 Å². The molecule has 0 aromatic heterocycles. The predicted octanol–water partition coefficient (Wildman–Crippen LogP) is -3.78. The smallest absolute Gasteiger partial charge is 0.303 e. The van der Waals surface area contributed by atoms with Crippen LogP contribution < -0.4 is 33.0 Å². The largest absolute Gasteiger partial charge is 0.481 e. The van der Waals surface area contributed by atoms with Gasteiger partial charge in [-0.1, -0.05) is 0 Å². The van der Waals surface area contributed by atoms with Crippen LogP contribution in [-0.2, 0) is 38.4 Å². The molecule has 12 N–H and O–H groups in total. The fourth-order valence-corrected chi connectivity index (χ4v) is 3.00. The van der Waals surface area contributed by atoms with E-state index in [1.807, 2.05) is 0 Å². The molecule has 0 saturated carbocycles. The highest BCUT2D eigenvalue weighted by Gasteiger charge is 2.31. The Morgan fingerprint density at radius 2 is 0.763 bits per heavy atom. The van der Waals surface area contributed by atoms with E-state index in [2.05, 4.69) is 21.4 Å². The number of rotatable bonds is 20. The lowest BCUT2D eigenvalue weighted by Crippen LogP contribution is -2.58. The molecule has 0 fully saturated rings. The Hall–Kier alpha value is -4.32. The molecule has 0 saturated heterocycles. The van der Waals surface area contributed by atoms with Crippen molar-refractivity contribution in [1.29, 1.82) is 0 Å². The van der Waals surface area contributed by atoms with Gasteiger partial charge in [-0.15, -0.1) is 0 Å². The standard InChI is InChI=1S/C20H32N6O12/c21-17(35)9(1-5-13(27)28)23-18(36)10(2-6-14(29)30)24-19(37)11(3-7-15(31)32)25-20(38)12(26-22)4-8-16(33)34/h9-12,26H,1-8,22H2,(H2,21,35)(H,23,36)(H,24,37)(H,25,38)(H,27,28)(H,29,30)(H,31,32)(H,33,34). The number of hydrogen-bond donors (Lipinski definition) is 10. The maximum absolute atomic E-state index is 12.9. The number of primary amides is 1. The molecular formula is C20H32N6O12. The number of amides is 4. The number of carboxylic acid groups (broad SMARTS) is 4. The Labute approximate surface area is 215 Å². The number of carbonyl (C=O) groups excluding carboxylic acids is 4. The van der Waals surface area contributed by atoms with Gasteiger partial charge in [0.25, 0.3) is 0 Å². The average Bonchev–Trinajstić information content (AvgIpc) is 2.81. The second-order valence-electron chi connectivity index (χ2n) is 8.03. The first-order valence-electron chi connectivity index (χ1n) is 11.2. The molecule has 214 valence electrons. The van der Waals surface area contributed by atoms with Crippen LogP contribution in [0.5, 0.6) is 0 Å². The Kier molecular flexibility index (Phi) is 15.2. The Bertz CT molecular complexity index is 911. The van der Waals surface area contributed by atoms with Gasteiger partial charge < -0.3 is 42.1 Å². The molecule has 4 atom stereocenters. The van der Waals surface area contributed by atoms with Gasteiger partial charge in [-0.05, 0) is 25.7 Å². The first kappa shape index (κ1) is 33.7. The zero-order valence-corrected chi connectivity index (χ0v) is 20.2. The van der Waals surface area contributed by atoms with Crippen molar-refractivity contribution in [2.24, 2.45) is 11.6 Å². The van der Waals surface area contributed by atoms with Gasteiger partial charge in [0.05, 0.1) is 0 Å². The molecule has 0 aliphatic rings. The first-order valence-corrected chi connectivity index (χ1v) is 11.2. The Morgan fingerprint density at radius 1 is 0.500 bits per heavy atom. The molecule has 0 radical (unpaired) electrons. The minimum Gasteiger partial charge on any atom is -0.481 e. The van der Waals surface area contributed by atoms with Crippen molar-refractivity contribution in [2.45, 2.75) is 75.5 Å². The summed E-state index contributed by atoms with van der Waals surface area (Å²) in [6, 6.07) is -5.91. The molecule has 0 aliphatic heterocycles. The van der Waals surface area contributed by atoms with E-state index >= 15 is 0 Å². The quantitative estimate of drug-likeness (QED) is 0.0515. The van der Waals surface area contributed by atoms with Crippen molar-refractivity contribution in [1.82, 2.24) is 21.4 Å². The lowest BCUT2D eigenvalue weighted by Gasteiger charge is -2.25. The number of nitrogens with two attached hydrogens (primary N) is 2. The van der Waals surface area contributed by atoms with E-state index < -0.39 is 117 Å². The molecule has 0 spiro atoms. The van der Waals surface area contributed by atoms with E-state index in [0.29, 0.717) is 0 Å². The first-order chi connectivity index (χ1) is 17.7. The highest BCUT2D eigenvalue weighted by atomic mass is 16.4. The summed E-state index contributed by atoms with van der Waals surface area (Å²) < 4.78 is 0. The molecule has 4 unspecified atom stereocenters. The molecule has 0 aromatic rings. The molecule has 18 heteroatoms. The number of carboxylic acids is 4. The van der Waals surface area contributed by atoms with Crippen LogP contribution in [0.1, 0.15) is 51.4 Å². The van der Waals surface area contributed by atoms with Crippen molar-refractivity contribution in [3.05, 3.63) is 0 Å². The zero-order chi connectivity index (χ0) is 29.4. The summed E-state index contributed by atoms with van der Waals surface area (Å²) in [5.74, 6) is -4.16. The summed E-state index contributed by atoms with van der Waals surface area (Å²) in [6.07, 6.45) is -3.89. The molecule has 38 heavy (non-hydrogen) atoms. The van der Waals surface area contributed by atoms with Crippen molar-refractivity contribution < 1.29 is 58.8 Å². The van der Waals surface area contributed by atoms with Crippen LogP contribution in [0.2, 0.25) is 0 Å². The zero-order valence-electron chi connectivity index (χ0n) is 20.2. The van der Waals surface area contributed by atoms with Gasteiger partial charge in [0.2, 0.25) is 23.6 Å². The molecule has 4 amide bonds. The number of carbonyl (C=O) groups is 8. The van der Waals surface area contributed by atoms with Crippen LogP contribution in [0.3, 0.4) is 0 Å². The number of hydrogen-bond acceptors (Lipinski definition) is 10. The third-order valence-corrected chi connectivity index (χ3v) is 5.03. The van der Waals surface area contributed by atoms with E-state index in [1.54, 1.807) is 0 Å². The van der Waals surface area contributed by atoms with Crippen LogP contribution >= 0.6 is 0 Å². The second kappa shape index (κ2) is 17.2. The summed E-state index contributed by atoms with van der Waals surface area (Å²) in [7, 11) is 0. The van der Waals surface area contributed by atoms with Crippen molar-refractivity contribution >= 4 is 47.5 Å². The highest BCUT2D eigenvalue weighted by molar-refractivity contribution is 5.95. The second-order valence-corrected chi connectivity index (χ2v) is 8.03. The minimum atomic E-state index is -1.61. The van der Waals surface area contributed by atoms with E-state index in [1.165, 1.54) is 0 Å². The van der Waals surface area contributed by atoms with Crippen LogP contribution in [0.25, 0.3) is 0 Å². The third-order valence-electron chi connectivity index (χ3n) is 5.03. The molecule has 0 heterocycles. The van der Waals surface area contributed by atoms with Crippen LogP contribution in [0.4, 0.5) is 0 Å². The van der Waals surface area contributed by atoms with Gasteiger partial charge >= 0.3 is 23.9 Å². The molecule has 0 aliphatic carbocycles. The SMILES string of the molecule is NNC(CCC(=O)O)C(=O)NC(CCC(=O)O)C(=O)NC(CCC(=O)O)C(=O)NC(CCC(=O)O)C(N)=O. The van der Waals surface area contributed by atoms with Crippen LogP contribution in [-0.4, -0.2) is 92.1 Å². The van der Waals surface area contributed by atoms with Crippen molar-refractivity contribution in [3.8, 4) is 0 Å². The topological polar surface area (TPSA) is 318 Å². The fourth-order valence-electron chi connectivity index (χ4n) is 3.00. The molecular weight excluding hydrogens is 516 g/mol. The molecule has 0 bridgehead atoms. The van der Waals surface area contributed by atoms with Crippen molar-refractivity contribution in [3.63, 3.8) is 0 Å². The molecule has 18 nitrogen and oxygen atoms in total. The Balaban J connectivity index is 5.73. The van der Waals surface area contributed by atoms with Crippen LogP contribution in [0.15, 0.2) is 0 Å². The molecule has 0 aromatic carbocycles. The maximum atomic E-state index is 12.9. The Morgan fingerprint density at radius 3 is 1.05 bits per heavy atom. The van der Waals surface area contributed by atoms with Gasteiger partial charge in [0.1, 0.15) is 24.2 Å². The van der Waals surface area contributed by atoms with Crippen LogP contribution in [0, 0.1) is 0 Å². The summed E-state index contributed by atoms with van der Waals surface area (Å²) in [5.41, 5.74) is 7.24. The summed E-state index contributed by atoms with van der Waals surface area (Å²) in [4.78, 5) is 93.3. The van der Waals surface area contributed by atoms with Gasteiger partial charge in [-0.25, -0.2) is 5.43 Å². The van der Waals surface area contributed by atoms with Gasteiger partial charge in [0, 0.05) is 25.7 Å². The monoisotopic (exact) mass is 548 g/mol. The lowest BCUT2D eigenvalue weighted by atomic mass is 10.0. The number of nitrogens with one attached hydrogen (secondary N) is 4. The third kappa shape index (κ3) is 14.3. The van der Waals surface area contributed by atoms with Gasteiger partial charge in [0.15, 0.2) is 0 Å². The summed E-state index contributed by atoms with van der Waals surface area (Å²) in [6.45, 7) is 0. The number of aliphatic carboxylic acids is 4. The average molecular weight is 549 g/mol. The normalized spacial score (nSPS) is 13.7. The summed E-state index contributed by atoms with van der Waals surface area (Å²) >= 11 is 0. The van der Waals surface area contributed by atoms with E-state index in [9.17, 15) is 38.4 Å². The minimum absolute atomic E-state index is 0.278. The van der Waals surface area contributed by atoms with Gasteiger partial charge in [-0.3, -0.25) is 44.2 Å². The van der Waals surface area contributed by atoms with Gasteiger partial charge in [-0.2, -0.15) is 0 Å². The molecule has 0 rings (SSSR count). The lowest BCUT2D eigenvalue weighted by molar-refractivity contribution is -0.140. The fraction of sp³-hybridized carbons (Fsp3) is 0.600. The summed E-state index contributed by atoms with van der Waals surface area (Å²) in [5, 5.41) is 42.1. The predicted molar refractivity (Wildman–Crippen MR) is 124 cm³/mol.